The van der Waals surface area contributed by atoms with Crippen molar-refractivity contribution in [1.29, 1.82) is 0 Å². The van der Waals surface area contributed by atoms with Gasteiger partial charge in [0.2, 0.25) is 15.9 Å². The van der Waals surface area contributed by atoms with E-state index in [1.165, 1.54) is 0 Å². The molecule has 1 aliphatic heterocycles. The monoisotopic (exact) mass is 437 g/mol. The number of hydrogen-bond donors (Lipinski definition) is 2. The Hall–Kier alpha value is -2.04. The lowest BCUT2D eigenvalue weighted by molar-refractivity contribution is -0.121. The molecule has 2 aromatic rings. The molecule has 2 N–H and O–H groups in total. The molecule has 8 nitrogen and oxygen atoms in total. The number of aromatic amines is 1. The fourth-order valence-electron chi connectivity index (χ4n) is 3.32. The van der Waals surface area contributed by atoms with Gasteiger partial charge in [0.25, 0.3) is 0 Å². The standard InChI is InChI=1S/C19H27N5O3S2/c1-23-17(21-22-19(23)28)14-20-18(25)11-8-15-6-9-16(10-7-15)29(26,27)24-12-4-2-3-5-13-24/h6-7,9-10H,2-5,8,11-14H2,1H3,(H,20,25)(H,22,28). The fraction of sp³-hybridized carbons (Fsp3) is 0.526. The summed E-state index contributed by atoms with van der Waals surface area (Å²) in [6.07, 6.45) is 4.84. The van der Waals surface area contributed by atoms with Crippen LogP contribution in [0.4, 0.5) is 0 Å². The van der Waals surface area contributed by atoms with Crippen LogP contribution >= 0.6 is 12.2 Å². The molecule has 0 aliphatic carbocycles. The Bertz CT molecular complexity index is 988. The first-order chi connectivity index (χ1) is 13.9. The normalized spacial score (nSPS) is 15.8. The SMILES string of the molecule is Cn1c(CNC(=O)CCc2ccc(S(=O)(=O)N3CCCCCC3)cc2)n[nH]c1=S. The molecular weight excluding hydrogens is 410 g/mol. The topological polar surface area (TPSA) is 100 Å². The number of aryl methyl sites for hydroxylation is 1. The molecule has 1 aliphatic rings. The molecule has 1 aromatic carbocycles. The van der Waals surface area contributed by atoms with E-state index in [0.717, 1.165) is 31.2 Å². The van der Waals surface area contributed by atoms with Crippen LogP contribution in [0.1, 0.15) is 43.5 Å². The first-order valence-corrected chi connectivity index (χ1v) is 11.7. The van der Waals surface area contributed by atoms with Crippen molar-refractivity contribution in [3.63, 3.8) is 0 Å². The molecule has 1 saturated heterocycles. The molecule has 29 heavy (non-hydrogen) atoms. The Balaban J connectivity index is 1.52. The van der Waals surface area contributed by atoms with E-state index in [2.05, 4.69) is 15.5 Å². The highest BCUT2D eigenvalue weighted by atomic mass is 32.2. The smallest absolute Gasteiger partial charge is 0.243 e. The molecule has 158 valence electrons. The van der Waals surface area contributed by atoms with E-state index in [1.54, 1.807) is 40.2 Å². The molecule has 10 heteroatoms. The van der Waals surface area contributed by atoms with Gasteiger partial charge in [-0.1, -0.05) is 25.0 Å². The third-order valence-corrected chi connectivity index (χ3v) is 7.46. The van der Waals surface area contributed by atoms with E-state index in [-0.39, 0.29) is 5.91 Å². The molecular formula is C19H27N5O3S2. The zero-order chi connectivity index (χ0) is 20.9. The van der Waals surface area contributed by atoms with Gasteiger partial charge in [0.1, 0.15) is 0 Å². The predicted octanol–water partition coefficient (Wildman–Crippen LogP) is 2.29. The molecule has 0 unspecified atom stereocenters. The average Bonchev–Trinajstić information content (AvgIpc) is 2.92. The maximum Gasteiger partial charge on any atom is 0.243 e. The van der Waals surface area contributed by atoms with Crippen LogP contribution in [0.3, 0.4) is 0 Å². The summed E-state index contributed by atoms with van der Waals surface area (Å²) in [5.41, 5.74) is 0.924. The van der Waals surface area contributed by atoms with Gasteiger partial charge in [0.05, 0.1) is 11.4 Å². The second-order valence-electron chi connectivity index (χ2n) is 7.24. The Labute approximate surface area is 176 Å². The summed E-state index contributed by atoms with van der Waals surface area (Å²) in [4.78, 5) is 12.4. The maximum atomic E-state index is 12.8. The number of H-pyrrole nitrogens is 1. The van der Waals surface area contributed by atoms with Gasteiger partial charge in [0.15, 0.2) is 10.6 Å². The first kappa shape index (κ1) is 21.7. The number of nitrogens with zero attached hydrogens (tertiary/aromatic N) is 3. The molecule has 3 rings (SSSR count). The number of carbonyl (C=O) groups is 1. The summed E-state index contributed by atoms with van der Waals surface area (Å²) in [5, 5.41) is 9.54. The lowest BCUT2D eigenvalue weighted by Gasteiger charge is -2.20. The molecule has 0 bridgehead atoms. The van der Waals surface area contributed by atoms with Gasteiger partial charge in [-0.2, -0.15) is 9.40 Å². The van der Waals surface area contributed by atoms with Gasteiger partial charge in [-0.3, -0.25) is 9.89 Å². The Kier molecular flexibility index (Phi) is 7.20. The van der Waals surface area contributed by atoms with Crippen molar-refractivity contribution in [2.45, 2.75) is 50.0 Å². The largest absolute Gasteiger partial charge is 0.349 e. The van der Waals surface area contributed by atoms with E-state index in [1.807, 2.05) is 0 Å². The molecule has 1 aromatic heterocycles. The van der Waals surface area contributed by atoms with Gasteiger partial charge in [-0.15, -0.1) is 0 Å². The van der Waals surface area contributed by atoms with Crippen molar-refractivity contribution in [2.75, 3.05) is 13.1 Å². The molecule has 0 radical (unpaired) electrons. The van der Waals surface area contributed by atoms with Gasteiger partial charge >= 0.3 is 0 Å². The Morgan fingerprint density at radius 2 is 1.83 bits per heavy atom. The number of rotatable bonds is 7. The molecule has 1 amide bonds. The van der Waals surface area contributed by atoms with Gasteiger partial charge in [0, 0.05) is 26.6 Å². The number of amides is 1. The second kappa shape index (κ2) is 9.64. The van der Waals surface area contributed by atoms with Crippen LogP contribution in [0, 0.1) is 4.77 Å². The average molecular weight is 438 g/mol. The van der Waals surface area contributed by atoms with Crippen molar-refractivity contribution < 1.29 is 13.2 Å². The van der Waals surface area contributed by atoms with Gasteiger partial charge in [-0.05, 0) is 49.2 Å². The van der Waals surface area contributed by atoms with Crippen LogP contribution in [-0.4, -0.2) is 46.5 Å². The summed E-state index contributed by atoms with van der Waals surface area (Å²) in [7, 11) is -1.66. The van der Waals surface area contributed by atoms with E-state index in [9.17, 15) is 13.2 Å². The summed E-state index contributed by atoms with van der Waals surface area (Å²) < 4.78 is 29.4. The number of aromatic nitrogens is 3. The van der Waals surface area contributed by atoms with Crippen LogP contribution in [0.25, 0.3) is 0 Å². The number of benzene rings is 1. The maximum absolute atomic E-state index is 12.8. The molecule has 1 fully saturated rings. The third-order valence-electron chi connectivity index (χ3n) is 5.18. The quantitative estimate of drug-likeness (QED) is 0.648. The molecule has 0 spiro atoms. The summed E-state index contributed by atoms with van der Waals surface area (Å²) >= 11 is 5.04. The highest BCUT2D eigenvalue weighted by Crippen LogP contribution is 2.21. The summed E-state index contributed by atoms with van der Waals surface area (Å²) in [5.74, 6) is 0.562. The van der Waals surface area contributed by atoms with Crippen LogP contribution < -0.4 is 5.32 Å². The minimum absolute atomic E-state index is 0.0971. The zero-order valence-corrected chi connectivity index (χ0v) is 18.2. The zero-order valence-electron chi connectivity index (χ0n) is 16.6. The fourth-order valence-corrected chi connectivity index (χ4v) is 4.99. The molecule has 2 heterocycles. The third kappa shape index (κ3) is 5.52. The van der Waals surface area contributed by atoms with Crippen molar-refractivity contribution in [3.05, 3.63) is 40.4 Å². The Morgan fingerprint density at radius 1 is 1.17 bits per heavy atom. The highest BCUT2D eigenvalue weighted by molar-refractivity contribution is 7.89. The van der Waals surface area contributed by atoms with Gasteiger partial charge < -0.3 is 9.88 Å². The number of hydrogen-bond acceptors (Lipinski definition) is 5. The van der Waals surface area contributed by atoms with E-state index < -0.39 is 10.0 Å². The Morgan fingerprint density at radius 3 is 2.41 bits per heavy atom. The molecule has 0 saturated carbocycles. The van der Waals surface area contributed by atoms with Crippen LogP contribution in [0.2, 0.25) is 0 Å². The van der Waals surface area contributed by atoms with Crippen molar-refractivity contribution in [1.82, 2.24) is 24.4 Å². The van der Waals surface area contributed by atoms with Crippen molar-refractivity contribution in [3.8, 4) is 0 Å². The number of carbonyl (C=O) groups excluding carboxylic acids is 1. The lowest BCUT2D eigenvalue weighted by atomic mass is 10.1. The minimum atomic E-state index is -3.44. The number of sulfonamides is 1. The van der Waals surface area contributed by atoms with Crippen LogP contribution in [0.15, 0.2) is 29.2 Å². The summed E-state index contributed by atoms with van der Waals surface area (Å²) in [6.45, 7) is 1.48. The van der Waals surface area contributed by atoms with Crippen LogP contribution in [-0.2, 0) is 34.8 Å². The van der Waals surface area contributed by atoms with Crippen LogP contribution in [0.5, 0.6) is 0 Å². The van der Waals surface area contributed by atoms with Gasteiger partial charge in [-0.25, -0.2) is 8.42 Å². The van der Waals surface area contributed by atoms with Crippen molar-refractivity contribution >= 4 is 28.1 Å². The van der Waals surface area contributed by atoms with E-state index in [4.69, 9.17) is 12.2 Å². The van der Waals surface area contributed by atoms with Crippen molar-refractivity contribution in [2.24, 2.45) is 7.05 Å². The molecule has 0 atom stereocenters. The lowest BCUT2D eigenvalue weighted by Crippen LogP contribution is -2.31. The second-order valence-corrected chi connectivity index (χ2v) is 9.57. The summed E-state index contributed by atoms with van der Waals surface area (Å²) in [6, 6.07) is 6.86. The predicted molar refractivity (Wildman–Crippen MR) is 112 cm³/mol. The first-order valence-electron chi connectivity index (χ1n) is 9.84. The highest BCUT2D eigenvalue weighted by Gasteiger charge is 2.24. The number of nitrogens with one attached hydrogen (secondary N) is 2. The van der Waals surface area contributed by atoms with E-state index in [0.29, 0.717) is 48.0 Å². The minimum Gasteiger partial charge on any atom is -0.349 e. The van der Waals surface area contributed by atoms with E-state index >= 15 is 0 Å².